The maximum absolute atomic E-state index is 12.7. The van der Waals surface area contributed by atoms with Gasteiger partial charge in [-0.05, 0) is 60.5 Å². The van der Waals surface area contributed by atoms with Gasteiger partial charge in [0.15, 0.2) is 0 Å². The van der Waals surface area contributed by atoms with Crippen molar-refractivity contribution in [1.29, 1.82) is 0 Å². The van der Waals surface area contributed by atoms with Gasteiger partial charge in [0.25, 0.3) is 5.91 Å². The minimum Gasteiger partial charge on any atom is -0.311 e. The molecule has 2 aromatic carbocycles. The van der Waals surface area contributed by atoms with Crippen LogP contribution in [0.15, 0.2) is 40.9 Å². The van der Waals surface area contributed by atoms with Crippen LogP contribution in [0.2, 0.25) is 0 Å². The molecule has 0 atom stereocenters. The van der Waals surface area contributed by atoms with Crippen LogP contribution in [0, 0.1) is 20.8 Å². The lowest BCUT2D eigenvalue weighted by Crippen LogP contribution is -2.27. The summed E-state index contributed by atoms with van der Waals surface area (Å²) in [5.41, 5.74) is 5.00. The number of aryl methyl sites for hydroxylation is 3. The first kappa shape index (κ1) is 14.8. The van der Waals surface area contributed by atoms with E-state index in [1.807, 2.05) is 51.2 Å². The lowest BCUT2D eigenvalue weighted by Gasteiger charge is -2.21. The Morgan fingerprint density at radius 3 is 2.25 bits per heavy atom. The zero-order valence-electron chi connectivity index (χ0n) is 12.2. The second kappa shape index (κ2) is 5.80. The number of carbonyl (C=O) groups excluding carboxylic acids is 1. The summed E-state index contributed by atoms with van der Waals surface area (Å²) in [6.45, 7) is 6.06. The van der Waals surface area contributed by atoms with Gasteiger partial charge in [0.2, 0.25) is 0 Å². The van der Waals surface area contributed by atoms with E-state index in [1.165, 1.54) is 5.56 Å². The number of hydrogen-bond acceptors (Lipinski definition) is 1. The zero-order chi connectivity index (χ0) is 14.9. The standard InChI is InChI=1S/C17H18BrNO/c1-11-6-8-16(13(3)9-11)19(4)17(20)14-10-12(2)5-7-15(14)18/h5-10H,1-4H3. The summed E-state index contributed by atoms with van der Waals surface area (Å²) < 4.78 is 0.824. The fraction of sp³-hybridized carbons (Fsp3) is 0.235. The average molecular weight is 332 g/mol. The molecule has 1 amide bonds. The van der Waals surface area contributed by atoms with Crippen molar-refractivity contribution in [2.24, 2.45) is 0 Å². The molecule has 20 heavy (non-hydrogen) atoms. The van der Waals surface area contributed by atoms with Crippen LogP contribution >= 0.6 is 15.9 Å². The van der Waals surface area contributed by atoms with Crippen LogP contribution in [0.25, 0.3) is 0 Å². The molecule has 3 heteroatoms. The summed E-state index contributed by atoms with van der Waals surface area (Å²) in [5, 5.41) is 0. The third-order valence-electron chi connectivity index (χ3n) is 3.37. The Labute approximate surface area is 128 Å². The van der Waals surface area contributed by atoms with Crippen molar-refractivity contribution >= 4 is 27.5 Å². The van der Waals surface area contributed by atoms with Crippen molar-refractivity contribution in [2.45, 2.75) is 20.8 Å². The van der Waals surface area contributed by atoms with Gasteiger partial charge in [-0.2, -0.15) is 0 Å². The number of amides is 1. The van der Waals surface area contributed by atoms with Crippen LogP contribution in [-0.2, 0) is 0 Å². The van der Waals surface area contributed by atoms with E-state index in [2.05, 4.69) is 28.9 Å². The predicted octanol–water partition coefficient (Wildman–Crippen LogP) is 4.65. The summed E-state index contributed by atoms with van der Waals surface area (Å²) in [4.78, 5) is 14.4. The van der Waals surface area contributed by atoms with Crippen LogP contribution in [0.1, 0.15) is 27.0 Å². The lowest BCUT2D eigenvalue weighted by molar-refractivity contribution is 0.0992. The zero-order valence-corrected chi connectivity index (χ0v) is 13.8. The van der Waals surface area contributed by atoms with Crippen molar-refractivity contribution in [1.82, 2.24) is 0 Å². The fourth-order valence-electron chi connectivity index (χ4n) is 2.27. The van der Waals surface area contributed by atoms with Gasteiger partial charge in [-0.25, -0.2) is 0 Å². The summed E-state index contributed by atoms with van der Waals surface area (Å²) in [6, 6.07) is 11.9. The molecule has 0 unspecified atom stereocenters. The second-order valence-electron chi connectivity index (χ2n) is 5.14. The van der Waals surface area contributed by atoms with Gasteiger partial charge in [-0.3, -0.25) is 4.79 Å². The molecule has 0 spiro atoms. The van der Waals surface area contributed by atoms with Gasteiger partial charge >= 0.3 is 0 Å². The third kappa shape index (κ3) is 2.93. The monoisotopic (exact) mass is 331 g/mol. The molecule has 0 aromatic heterocycles. The van der Waals surface area contributed by atoms with Gasteiger partial charge in [-0.1, -0.05) is 29.3 Å². The molecule has 104 valence electrons. The molecule has 0 aliphatic rings. The Kier molecular flexibility index (Phi) is 4.29. The third-order valence-corrected chi connectivity index (χ3v) is 4.06. The summed E-state index contributed by atoms with van der Waals surface area (Å²) in [6.07, 6.45) is 0. The van der Waals surface area contributed by atoms with E-state index >= 15 is 0 Å². The van der Waals surface area contributed by atoms with Gasteiger partial charge in [-0.15, -0.1) is 0 Å². The molecule has 0 bridgehead atoms. The molecular weight excluding hydrogens is 314 g/mol. The fourth-order valence-corrected chi connectivity index (χ4v) is 2.69. The largest absolute Gasteiger partial charge is 0.311 e. The summed E-state index contributed by atoms with van der Waals surface area (Å²) >= 11 is 3.45. The quantitative estimate of drug-likeness (QED) is 0.784. The van der Waals surface area contributed by atoms with E-state index < -0.39 is 0 Å². The molecule has 0 saturated heterocycles. The average Bonchev–Trinajstić information content (AvgIpc) is 2.40. The van der Waals surface area contributed by atoms with Crippen LogP contribution in [0.5, 0.6) is 0 Å². The maximum atomic E-state index is 12.7. The first-order chi connectivity index (χ1) is 9.40. The minimum absolute atomic E-state index is 0.00692. The van der Waals surface area contributed by atoms with Crippen molar-refractivity contribution in [3.05, 3.63) is 63.1 Å². The molecule has 2 aromatic rings. The highest BCUT2D eigenvalue weighted by Crippen LogP contribution is 2.25. The van der Waals surface area contributed by atoms with E-state index in [-0.39, 0.29) is 5.91 Å². The summed E-state index contributed by atoms with van der Waals surface area (Å²) in [7, 11) is 1.81. The number of hydrogen-bond donors (Lipinski definition) is 0. The smallest absolute Gasteiger partial charge is 0.259 e. The van der Waals surface area contributed by atoms with Crippen LogP contribution in [-0.4, -0.2) is 13.0 Å². The Morgan fingerprint density at radius 1 is 1.00 bits per heavy atom. The molecule has 0 radical (unpaired) electrons. The number of rotatable bonds is 2. The van der Waals surface area contributed by atoms with Gasteiger partial charge in [0.1, 0.15) is 0 Å². The highest BCUT2D eigenvalue weighted by Gasteiger charge is 2.17. The highest BCUT2D eigenvalue weighted by atomic mass is 79.9. The molecule has 2 nitrogen and oxygen atoms in total. The summed E-state index contributed by atoms with van der Waals surface area (Å²) in [5.74, 6) is -0.00692. The molecular formula is C17H18BrNO. The van der Waals surface area contributed by atoms with E-state index in [4.69, 9.17) is 0 Å². The Bertz CT molecular complexity index is 664. The van der Waals surface area contributed by atoms with Crippen LogP contribution in [0.4, 0.5) is 5.69 Å². The number of halogens is 1. The van der Waals surface area contributed by atoms with E-state index in [0.717, 1.165) is 21.3 Å². The topological polar surface area (TPSA) is 20.3 Å². The van der Waals surface area contributed by atoms with Crippen molar-refractivity contribution in [3.63, 3.8) is 0 Å². The van der Waals surface area contributed by atoms with E-state index in [0.29, 0.717) is 5.56 Å². The van der Waals surface area contributed by atoms with Crippen molar-refractivity contribution in [3.8, 4) is 0 Å². The number of carbonyl (C=O) groups is 1. The first-order valence-electron chi connectivity index (χ1n) is 6.51. The number of anilines is 1. The lowest BCUT2D eigenvalue weighted by atomic mass is 10.1. The SMILES string of the molecule is Cc1ccc(N(C)C(=O)c2cc(C)ccc2Br)c(C)c1. The van der Waals surface area contributed by atoms with Gasteiger partial charge in [0.05, 0.1) is 5.56 Å². The highest BCUT2D eigenvalue weighted by molar-refractivity contribution is 9.10. The Hall–Kier alpha value is -1.61. The molecule has 2 rings (SSSR count). The van der Waals surface area contributed by atoms with Gasteiger partial charge in [0, 0.05) is 17.2 Å². The number of nitrogens with zero attached hydrogens (tertiary/aromatic N) is 1. The van der Waals surface area contributed by atoms with E-state index in [9.17, 15) is 4.79 Å². The maximum Gasteiger partial charge on any atom is 0.259 e. The second-order valence-corrected chi connectivity index (χ2v) is 5.99. The first-order valence-corrected chi connectivity index (χ1v) is 7.31. The Balaban J connectivity index is 2.40. The predicted molar refractivity (Wildman–Crippen MR) is 87.5 cm³/mol. The molecule has 0 fully saturated rings. The molecule has 0 aliphatic heterocycles. The molecule has 0 heterocycles. The van der Waals surface area contributed by atoms with Gasteiger partial charge < -0.3 is 4.90 Å². The van der Waals surface area contributed by atoms with Crippen LogP contribution < -0.4 is 4.90 Å². The van der Waals surface area contributed by atoms with Crippen LogP contribution in [0.3, 0.4) is 0 Å². The van der Waals surface area contributed by atoms with Crippen molar-refractivity contribution < 1.29 is 4.79 Å². The molecule has 0 N–H and O–H groups in total. The number of benzene rings is 2. The molecule has 0 saturated carbocycles. The minimum atomic E-state index is -0.00692. The normalized spacial score (nSPS) is 10.4. The van der Waals surface area contributed by atoms with Crippen molar-refractivity contribution in [2.75, 3.05) is 11.9 Å². The Morgan fingerprint density at radius 2 is 1.60 bits per heavy atom. The van der Waals surface area contributed by atoms with E-state index in [1.54, 1.807) is 4.90 Å². The molecule has 0 aliphatic carbocycles.